The van der Waals surface area contributed by atoms with E-state index < -0.39 is 0 Å². The van der Waals surface area contributed by atoms with Gasteiger partial charge in [-0.1, -0.05) is 13.0 Å². The predicted molar refractivity (Wildman–Crippen MR) is 79.9 cm³/mol. The summed E-state index contributed by atoms with van der Waals surface area (Å²) in [4.78, 5) is 4.11. The Balaban J connectivity index is 2.32. The van der Waals surface area contributed by atoms with E-state index in [9.17, 15) is 4.39 Å². The number of benzene rings is 1. The molecule has 1 atom stereocenters. The summed E-state index contributed by atoms with van der Waals surface area (Å²) in [5.41, 5.74) is 9.70. The molecule has 3 N–H and O–H groups in total. The van der Waals surface area contributed by atoms with Gasteiger partial charge in [-0.05, 0) is 54.8 Å². The van der Waals surface area contributed by atoms with Gasteiger partial charge in [0.25, 0.3) is 0 Å². The quantitative estimate of drug-likeness (QED) is 0.880. The van der Waals surface area contributed by atoms with Gasteiger partial charge < -0.3 is 11.1 Å². The van der Waals surface area contributed by atoms with Crippen molar-refractivity contribution in [3.8, 4) is 0 Å². The molecule has 1 unspecified atom stereocenters. The normalized spacial score (nSPS) is 12.3. The number of nitrogens with zero attached hydrogens (tertiary/aromatic N) is 1. The van der Waals surface area contributed by atoms with Crippen LogP contribution in [0.1, 0.15) is 29.7 Å². The minimum atomic E-state index is -0.215. The van der Waals surface area contributed by atoms with Crippen molar-refractivity contribution in [2.24, 2.45) is 0 Å². The number of nitrogens with one attached hydrogen (secondary N) is 1. The van der Waals surface area contributed by atoms with Crippen LogP contribution in [0.3, 0.4) is 0 Å². The second-order valence-electron chi connectivity index (χ2n) is 4.89. The Morgan fingerprint density at radius 1 is 1.35 bits per heavy atom. The molecular weight excluding hydrogens is 253 g/mol. The number of nitrogens with two attached hydrogens (primary N) is 1. The molecule has 3 nitrogen and oxygen atoms in total. The highest BCUT2D eigenvalue weighted by Crippen LogP contribution is 2.24. The van der Waals surface area contributed by atoms with E-state index in [1.54, 1.807) is 24.5 Å². The van der Waals surface area contributed by atoms with Crippen LogP contribution in [0.25, 0.3) is 0 Å². The summed E-state index contributed by atoms with van der Waals surface area (Å²) in [5, 5.41) is 3.39. The summed E-state index contributed by atoms with van der Waals surface area (Å²) in [6, 6.07) is 6.70. The predicted octanol–water partition coefficient (Wildman–Crippen LogP) is 3.00. The summed E-state index contributed by atoms with van der Waals surface area (Å²) >= 11 is 0. The number of nitrogen functional groups attached to an aromatic ring is 1. The summed E-state index contributed by atoms with van der Waals surface area (Å²) < 4.78 is 13.5. The van der Waals surface area contributed by atoms with Gasteiger partial charge in [0.05, 0.1) is 0 Å². The van der Waals surface area contributed by atoms with E-state index in [-0.39, 0.29) is 11.9 Å². The van der Waals surface area contributed by atoms with E-state index in [0.29, 0.717) is 6.42 Å². The number of likely N-dealkylation sites (N-methyl/N-ethyl adjacent to an activating group) is 1. The number of hydrogen-bond acceptors (Lipinski definition) is 3. The van der Waals surface area contributed by atoms with Crippen molar-refractivity contribution in [1.29, 1.82) is 0 Å². The molecule has 2 rings (SSSR count). The van der Waals surface area contributed by atoms with Crippen LogP contribution in [0.5, 0.6) is 0 Å². The first-order chi connectivity index (χ1) is 9.61. The van der Waals surface area contributed by atoms with E-state index >= 15 is 0 Å². The molecular formula is C16H20FN3. The van der Waals surface area contributed by atoms with Crippen LogP contribution >= 0.6 is 0 Å². The maximum absolute atomic E-state index is 13.5. The third-order valence-electron chi connectivity index (χ3n) is 3.43. The molecule has 0 fully saturated rings. The highest BCUT2D eigenvalue weighted by molar-refractivity contribution is 5.45. The van der Waals surface area contributed by atoms with Gasteiger partial charge in [0.1, 0.15) is 5.82 Å². The van der Waals surface area contributed by atoms with E-state index in [2.05, 4.69) is 10.3 Å². The second-order valence-corrected chi connectivity index (χ2v) is 4.89. The summed E-state index contributed by atoms with van der Waals surface area (Å²) in [6.45, 7) is 4.83. The third-order valence-corrected chi connectivity index (χ3v) is 3.43. The molecule has 0 radical (unpaired) electrons. The Morgan fingerprint density at radius 3 is 2.85 bits per heavy atom. The zero-order valence-corrected chi connectivity index (χ0v) is 11.9. The van der Waals surface area contributed by atoms with Crippen molar-refractivity contribution in [3.05, 3.63) is 59.2 Å². The Kier molecular flexibility index (Phi) is 4.69. The van der Waals surface area contributed by atoms with Crippen molar-refractivity contribution in [2.75, 3.05) is 12.3 Å². The molecule has 0 aliphatic heterocycles. The first kappa shape index (κ1) is 14.5. The molecule has 106 valence electrons. The molecule has 1 aromatic carbocycles. The highest BCUT2D eigenvalue weighted by Gasteiger charge is 2.15. The fourth-order valence-corrected chi connectivity index (χ4v) is 2.35. The van der Waals surface area contributed by atoms with Gasteiger partial charge in [-0.15, -0.1) is 0 Å². The van der Waals surface area contributed by atoms with E-state index in [1.807, 2.05) is 19.9 Å². The number of aryl methyl sites for hydroxylation is 1. The fraction of sp³-hybridized carbons (Fsp3) is 0.312. The van der Waals surface area contributed by atoms with Crippen LogP contribution in [0.2, 0.25) is 0 Å². The van der Waals surface area contributed by atoms with Crippen LogP contribution in [-0.4, -0.2) is 11.5 Å². The molecule has 1 aromatic heterocycles. The van der Waals surface area contributed by atoms with Crippen molar-refractivity contribution >= 4 is 5.69 Å². The van der Waals surface area contributed by atoms with Gasteiger partial charge in [0.2, 0.25) is 0 Å². The van der Waals surface area contributed by atoms with Gasteiger partial charge >= 0.3 is 0 Å². The smallest absolute Gasteiger partial charge is 0.123 e. The Hall–Kier alpha value is -1.94. The molecule has 20 heavy (non-hydrogen) atoms. The fourth-order valence-electron chi connectivity index (χ4n) is 2.35. The molecule has 0 amide bonds. The minimum Gasteiger partial charge on any atom is -0.398 e. The number of pyridine rings is 1. The Bertz CT molecular complexity index is 584. The maximum Gasteiger partial charge on any atom is 0.123 e. The zero-order valence-electron chi connectivity index (χ0n) is 11.9. The van der Waals surface area contributed by atoms with Crippen molar-refractivity contribution in [1.82, 2.24) is 10.3 Å². The van der Waals surface area contributed by atoms with Gasteiger partial charge in [-0.2, -0.15) is 0 Å². The summed E-state index contributed by atoms with van der Waals surface area (Å²) in [5.74, 6) is -0.215. The van der Waals surface area contributed by atoms with Crippen molar-refractivity contribution in [3.63, 3.8) is 0 Å². The monoisotopic (exact) mass is 273 g/mol. The third kappa shape index (κ3) is 3.33. The standard InChI is InChI=1S/C16H20FN3/c1-3-20-16(8-12-10-19-7-6-15(12)18)14-9-13(17)5-4-11(14)2/h4-7,9-10,16,20H,3,8H2,1-2H3,(H2,18,19). The SMILES string of the molecule is CCNC(Cc1cnccc1N)c1cc(F)ccc1C. The lowest BCUT2D eigenvalue weighted by molar-refractivity contribution is 0.540. The van der Waals surface area contributed by atoms with Crippen LogP contribution < -0.4 is 11.1 Å². The average molecular weight is 273 g/mol. The van der Waals surface area contributed by atoms with Crippen molar-refractivity contribution < 1.29 is 4.39 Å². The molecule has 0 aliphatic carbocycles. The summed E-state index contributed by atoms with van der Waals surface area (Å²) in [6.07, 6.45) is 4.14. The van der Waals surface area contributed by atoms with Crippen LogP contribution in [0, 0.1) is 12.7 Å². The second kappa shape index (κ2) is 6.48. The van der Waals surface area contributed by atoms with Crippen molar-refractivity contribution in [2.45, 2.75) is 26.3 Å². The molecule has 0 spiro atoms. The molecule has 1 heterocycles. The van der Waals surface area contributed by atoms with Crippen LogP contribution in [0.4, 0.5) is 10.1 Å². The highest BCUT2D eigenvalue weighted by atomic mass is 19.1. The Morgan fingerprint density at radius 2 is 2.15 bits per heavy atom. The molecule has 4 heteroatoms. The van der Waals surface area contributed by atoms with Gasteiger partial charge in [-0.25, -0.2) is 4.39 Å². The number of hydrogen-bond donors (Lipinski definition) is 2. The topological polar surface area (TPSA) is 50.9 Å². The molecule has 0 saturated heterocycles. The first-order valence-electron chi connectivity index (χ1n) is 6.79. The van der Waals surface area contributed by atoms with Crippen LogP contribution in [0.15, 0.2) is 36.7 Å². The molecule has 0 bridgehead atoms. The lowest BCUT2D eigenvalue weighted by Crippen LogP contribution is -2.24. The first-order valence-corrected chi connectivity index (χ1v) is 6.79. The number of anilines is 1. The lowest BCUT2D eigenvalue weighted by Gasteiger charge is -2.21. The van der Waals surface area contributed by atoms with Gasteiger partial charge in [-0.3, -0.25) is 4.98 Å². The summed E-state index contributed by atoms with van der Waals surface area (Å²) in [7, 11) is 0. The number of halogens is 1. The van der Waals surface area contributed by atoms with Crippen LogP contribution in [-0.2, 0) is 6.42 Å². The minimum absolute atomic E-state index is 0.0298. The maximum atomic E-state index is 13.5. The zero-order chi connectivity index (χ0) is 14.5. The average Bonchev–Trinajstić information content (AvgIpc) is 2.43. The lowest BCUT2D eigenvalue weighted by atomic mass is 9.95. The number of aromatic nitrogens is 1. The van der Waals surface area contributed by atoms with Gasteiger partial charge in [0, 0.05) is 24.1 Å². The largest absolute Gasteiger partial charge is 0.398 e. The number of rotatable bonds is 5. The Labute approximate surface area is 119 Å². The van der Waals surface area contributed by atoms with Gasteiger partial charge in [0.15, 0.2) is 0 Å². The van der Waals surface area contributed by atoms with E-state index in [4.69, 9.17) is 5.73 Å². The molecule has 2 aromatic rings. The molecule has 0 saturated carbocycles. The van der Waals surface area contributed by atoms with E-state index in [0.717, 1.165) is 28.9 Å². The van der Waals surface area contributed by atoms with E-state index in [1.165, 1.54) is 6.07 Å². The molecule has 0 aliphatic rings.